The molecule has 0 bridgehead atoms. The maximum atomic E-state index is 4.59. The summed E-state index contributed by atoms with van der Waals surface area (Å²) in [4.78, 5) is 8.88. The maximum Gasteiger partial charge on any atom is 0.188 e. The largest absolute Gasteiger partial charge is 0.331 e. The van der Waals surface area contributed by atoms with E-state index in [-0.39, 0.29) is 0 Å². The lowest BCUT2D eigenvalue weighted by atomic mass is 10.3. The molecule has 4 rings (SSSR count). The molecule has 0 aliphatic carbocycles. The Morgan fingerprint density at radius 1 is 1.00 bits per heavy atom. The maximum absolute atomic E-state index is 4.59. The van der Waals surface area contributed by atoms with E-state index in [0.717, 1.165) is 26.3 Å². The number of benzene rings is 2. The highest BCUT2D eigenvalue weighted by Crippen LogP contribution is 2.31. The summed E-state index contributed by atoms with van der Waals surface area (Å²) < 4.78 is 3.42. The Balaban J connectivity index is 1.72. The number of anilines is 2. The van der Waals surface area contributed by atoms with Crippen LogP contribution in [0.4, 0.5) is 10.8 Å². The van der Waals surface area contributed by atoms with Crippen LogP contribution in [0.25, 0.3) is 20.4 Å². The standard InChI is InChI=1S/C14H8BrN3S2/c15-8-1-3-11-13(5-8)20-14(18-11)17-9-2-4-10-12(6-9)19-7-16-10/h1-7H,(H,17,18). The second-order valence-electron chi connectivity index (χ2n) is 4.29. The summed E-state index contributed by atoms with van der Waals surface area (Å²) in [5.74, 6) is 0. The van der Waals surface area contributed by atoms with Crippen LogP contribution < -0.4 is 5.32 Å². The van der Waals surface area contributed by atoms with Gasteiger partial charge in [-0.1, -0.05) is 27.3 Å². The van der Waals surface area contributed by atoms with E-state index in [2.05, 4.69) is 43.3 Å². The summed E-state index contributed by atoms with van der Waals surface area (Å²) >= 11 is 6.78. The van der Waals surface area contributed by atoms with Gasteiger partial charge in [-0.3, -0.25) is 0 Å². The van der Waals surface area contributed by atoms with Crippen molar-refractivity contribution in [1.82, 2.24) is 9.97 Å². The first kappa shape index (κ1) is 12.3. The molecule has 20 heavy (non-hydrogen) atoms. The number of rotatable bonds is 2. The average Bonchev–Trinajstić information content (AvgIpc) is 3.03. The molecule has 0 saturated carbocycles. The average molecular weight is 362 g/mol. The smallest absolute Gasteiger partial charge is 0.188 e. The fraction of sp³-hybridized carbons (Fsp3) is 0. The van der Waals surface area contributed by atoms with Crippen LogP contribution in [0.2, 0.25) is 0 Å². The molecule has 1 N–H and O–H groups in total. The lowest BCUT2D eigenvalue weighted by molar-refractivity contribution is 1.44. The highest BCUT2D eigenvalue weighted by atomic mass is 79.9. The number of nitrogens with zero attached hydrogens (tertiary/aromatic N) is 2. The quantitative estimate of drug-likeness (QED) is 0.518. The lowest BCUT2D eigenvalue weighted by Gasteiger charge is -2.01. The molecule has 0 saturated heterocycles. The Hall–Kier alpha value is -1.50. The number of halogens is 1. The van der Waals surface area contributed by atoms with Crippen LogP contribution in [0.5, 0.6) is 0 Å². The molecular weight excluding hydrogens is 354 g/mol. The summed E-state index contributed by atoms with van der Waals surface area (Å²) in [6.45, 7) is 0. The van der Waals surface area contributed by atoms with Gasteiger partial charge in [0, 0.05) is 10.2 Å². The number of aromatic nitrogens is 2. The van der Waals surface area contributed by atoms with Crippen LogP contribution in [0.15, 0.2) is 46.4 Å². The normalized spacial score (nSPS) is 11.2. The van der Waals surface area contributed by atoms with Gasteiger partial charge < -0.3 is 5.32 Å². The predicted octanol–water partition coefficient (Wildman–Crippen LogP) is 5.41. The summed E-state index contributed by atoms with van der Waals surface area (Å²) in [6, 6.07) is 12.3. The molecule has 0 atom stereocenters. The number of thiazole rings is 2. The molecule has 0 fully saturated rings. The van der Waals surface area contributed by atoms with Crippen LogP contribution in [0.1, 0.15) is 0 Å². The van der Waals surface area contributed by atoms with Crippen molar-refractivity contribution < 1.29 is 0 Å². The second-order valence-corrected chi connectivity index (χ2v) is 7.12. The molecule has 0 radical (unpaired) electrons. The fourth-order valence-electron chi connectivity index (χ4n) is 2.01. The van der Waals surface area contributed by atoms with Crippen molar-refractivity contribution in [3.05, 3.63) is 46.4 Å². The van der Waals surface area contributed by atoms with E-state index in [4.69, 9.17) is 0 Å². The number of nitrogens with one attached hydrogen (secondary N) is 1. The van der Waals surface area contributed by atoms with Gasteiger partial charge in [0.2, 0.25) is 0 Å². The molecule has 98 valence electrons. The van der Waals surface area contributed by atoms with Crippen molar-refractivity contribution in [3.63, 3.8) is 0 Å². The minimum Gasteiger partial charge on any atom is -0.331 e. The number of fused-ring (bicyclic) bond motifs is 2. The van der Waals surface area contributed by atoms with E-state index < -0.39 is 0 Å². The first-order valence-electron chi connectivity index (χ1n) is 5.94. The van der Waals surface area contributed by atoms with Crippen molar-refractivity contribution in [1.29, 1.82) is 0 Å². The van der Waals surface area contributed by atoms with E-state index >= 15 is 0 Å². The van der Waals surface area contributed by atoms with Gasteiger partial charge in [-0.2, -0.15) is 0 Å². The minimum atomic E-state index is 0.905. The van der Waals surface area contributed by atoms with Gasteiger partial charge >= 0.3 is 0 Å². The summed E-state index contributed by atoms with van der Waals surface area (Å²) in [5.41, 5.74) is 4.96. The summed E-state index contributed by atoms with van der Waals surface area (Å²) in [6.07, 6.45) is 0. The van der Waals surface area contributed by atoms with Gasteiger partial charge in [0.1, 0.15) is 0 Å². The Morgan fingerprint density at radius 3 is 2.85 bits per heavy atom. The van der Waals surface area contributed by atoms with Crippen molar-refractivity contribution in [2.45, 2.75) is 0 Å². The Morgan fingerprint density at radius 2 is 1.90 bits per heavy atom. The molecular formula is C14H8BrN3S2. The molecule has 2 aromatic carbocycles. The van der Waals surface area contributed by atoms with Gasteiger partial charge in [0.25, 0.3) is 0 Å². The van der Waals surface area contributed by atoms with Crippen molar-refractivity contribution in [2.75, 3.05) is 5.32 Å². The minimum absolute atomic E-state index is 0.905. The summed E-state index contributed by atoms with van der Waals surface area (Å²) in [5, 5.41) is 4.27. The van der Waals surface area contributed by atoms with Crippen molar-refractivity contribution >= 4 is 69.9 Å². The fourth-order valence-corrected chi connectivity index (χ4v) is 4.16. The van der Waals surface area contributed by atoms with Crippen LogP contribution in [-0.4, -0.2) is 9.97 Å². The molecule has 3 nitrogen and oxygen atoms in total. The third-order valence-electron chi connectivity index (χ3n) is 2.93. The molecule has 0 aliphatic heterocycles. The Kier molecular flexibility index (Phi) is 2.94. The zero-order chi connectivity index (χ0) is 13.5. The third-order valence-corrected chi connectivity index (χ3v) is 5.15. The van der Waals surface area contributed by atoms with Gasteiger partial charge in [0.15, 0.2) is 5.13 Å². The topological polar surface area (TPSA) is 37.8 Å². The predicted molar refractivity (Wildman–Crippen MR) is 90.2 cm³/mol. The summed E-state index contributed by atoms with van der Waals surface area (Å²) in [7, 11) is 0. The van der Waals surface area contributed by atoms with Gasteiger partial charge in [-0.05, 0) is 36.4 Å². The van der Waals surface area contributed by atoms with E-state index in [1.165, 1.54) is 9.40 Å². The lowest BCUT2D eigenvalue weighted by Crippen LogP contribution is -1.88. The van der Waals surface area contributed by atoms with Crippen LogP contribution >= 0.6 is 38.6 Å². The van der Waals surface area contributed by atoms with Gasteiger partial charge in [-0.25, -0.2) is 9.97 Å². The molecule has 2 heterocycles. The zero-order valence-electron chi connectivity index (χ0n) is 10.1. The van der Waals surface area contributed by atoms with E-state index in [1.54, 1.807) is 22.7 Å². The molecule has 0 unspecified atom stereocenters. The van der Waals surface area contributed by atoms with E-state index in [9.17, 15) is 0 Å². The highest BCUT2D eigenvalue weighted by molar-refractivity contribution is 9.10. The highest BCUT2D eigenvalue weighted by Gasteiger charge is 2.05. The Bertz CT molecular complexity index is 913. The molecule has 4 aromatic rings. The first-order chi connectivity index (χ1) is 9.78. The monoisotopic (exact) mass is 361 g/mol. The van der Waals surface area contributed by atoms with Crippen LogP contribution in [0.3, 0.4) is 0 Å². The molecule has 6 heteroatoms. The first-order valence-corrected chi connectivity index (χ1v) is 8.43. The van der Waals surface area contributed by atoms with E-state index in [0.29, 0.717) is 0 Å². The number of hydrogen-bond donors (Lipinski definition) is 1. The third kappa shape index (κ3) is 2.19. The van der Waals surface area contributed by atoms with Gasteiger partial charge in [0.05, 0.1) is 25.9 Å². The molecule has 0 amide bonds. The van der Waals surface area contributed by atoms with Crippen LogP contribution in [-0.2, 0) is 0 Å². The Labute approximate surface area is 131 Å². The molecule has 0 aliphatic rings. The van der Waals surface area contributed by atoms with E-state index in [1.807, 2.05) is 29.8 Å². The van der Waals surface area contributed by atoms with Crippen LogP contribution in [0, 0.1) is 0 Å². The van der Waals surface area contributed by atoms with Crippen molar-refractivity contribution in [3.8, 4) is 0 Å². The van der Waals surface area contributed by atoms with Crippen molar-refractivity contribution in [2.24, 2.45) is 0 Å². The number of hydrogen-bond acceptors (Lipinski definition) is 5. The SMILES string of the molecule is Brc1ccc2nc(Nc3ccc4ncsc4c3)sc2c1. The molecule has 0 spiro atoms. The van der Waals surface area contributed by atoms with Gasteiger partial charge in [-0.15, -0.1) is 11.3 Å². The second kappa shape index (κ2) is 4.80. The zero-order valence-corrected chi connectivity index (χ0v) is 13.3. The molecule has 2 aromatic heterocycles.